The lowest BCUT2D eigenvalue weighted by molar-refractivity contribution is 0.182. The van der Waals surface area contributed by atoms with Gasteiger partial charge in [0.05, 0.1) is 6.10 Å². The molecule has 66 valence electrons. The quantitative estimate of drug-likeness (QED) is 0.479. The van der Waals surface area contributed by atoms with Crippen molar-refractivity contribution in [3.05, 3.63) is 12.2 Å². The number of aliphatic hydroxyl groups excluding tert-OH is 1. The molecular formula is C10H20O. The number of aliphatic hydroxyl groups is 1. The maximum atomic E-state index is 8.94. The van der Waals surface area contributed by atoms with Gasteiger partial charge in [-0.05, 0) is 32.1 Å². The van der Waals surface area contributed by atoms with E-state index in [-0.39, 0.29) is 6.10 Å². The van der Waals surface area contributed by atoms with Crippen molar-refractivity contribution in [2.75, 3.05) is 0 Å². The largest absolute Gasteiger partial charge is 0.393 e. The Morgan fingerprint density at radius 3 is 2.36 bits per heavy atom. The van der Waals surface area contributed by atoms with E-state index in [1.165, 1.54) is 0 Å². The van der Waals surface area contributed by atoms with Crippen molar-refractivity contribution in [3.63, 3.8) is 0 Å². The van der Waals surface area contributed by atoms with Crippen LogP contribution in [0, 0.1) is 5.92 Å². The summed E-state index contributed by atoms with van der Waals surface area (Å²) in [4.78, 5) is 0. The minimum absolute atomic E-state index is 0.137. The Hall–Kier alpha value is -0.300. The predicted octanol–water partition coefficient (Wildman–Crippen LogP) is 2.75. The highest BCUT2D eigenvalue weighted by Crippen LogP contribution is 2.02. The van der Waals surface area contributed by atoms with Gasteiger partial charge in [-0.2, -0.15) is 0 Å². The second-order valence-corrected chi connectivity index (χ2v) is 3.45. The molecule has 0 fully saturated rings. The average Bonchev–Trinajstić information content (AvgIpc) is 1.85. The highest BCUT2D eigenvalue weighted by molar-refractivity contribution is 4.84. The zero-order valence-corrected chi connectivity index (χ0v) is 7.88. The van der Waals surface area contributed by atoms with Gasteiger partial charge in [0.25, 0.3) is 0 Å². The first-order chi connectivity index (χ1) is 5.13. The third kappa shape index (κ3) is 9.70. The second kappa shape index (κ2) is 6.41. The Labute approximate surface area is 70.1 Å². The summed E-state index contributed by atoms with van der Waals surface area (Å²) in [6.07, 6.45) is 7.39. The molecule has 0 saturated heterocycles. The number of allylic oxidation sites excluding steroid dienone is 2. The molecule has 0 amide bonds. The van der Waals surface area contributed by atoms with Crippen LogP contribution in [-0.2, 0) is 0 Å². The van der Waals surface area contributed by atoms with E-state index in [0.29, 0.717) is 5.92 Å². The van der Waals surface area contributed by atoms with E-state index < -0.39 is 0 Å². The van der Waals surface area contributed by atoms with E-state index in [9.17, 15) is 0 Å². The smallest absolute Gasteiger partial charge is 0.0512 e. The van der Waals surface area contributed by atoms with E-state index in [0.717, 1.165) is 19.3 Å². The van der Waals surface area contributed by atoms with E-state index in [2.05, 4.69) is 26.0 Å². The molecule has 1 nitrogen and oxygen atoms in total. The lowest BCUT2D eigenvalue weighted by atomic mass is 10.1. The molecule has 0 saturated carbocycles. The van der Waals surface area contributed by atoms with Gasteiger partial charge < -0.3 is 5.11 Å². The van der Waals surface area contributed by atoms with Gasteiger partial charge in [0.1, 0.15) is 0 Å². The van der Waals surface area contributed by atoms with Crippen LogP contribution in [0.15, 0.2) is 12.2 Å². The summed E-state index contributed by atoms with van der Waals surface area (Å²) in [5, 5.41) is 8.94. The molecule has 0 rings (SSSR count). The van der Waals surface area contributed by atoms with Gasteiger partial charge in [0.2, 0.25) is 0 Å². The summed E-state index contributed by atoms with van der Waals surface area (Å²) in [7, 11) is 0. The van der Waals surface area contributed by atoms with Crippen molar-refractivity contribution in [1.29, 1.82) is 0 Å². The topological polar surface area (TPSA) is 20.2 Å². The molecule has 0 aromatic carbocycles. The SMILES string of the molecule is CC(C)/C=C/CCC[C@@H](C)O. The summed E-state index contributed by atoms with van der Waals surface area (Å²) in [6.45, 7) is 6.18. The van der Waals surface area contributed by atoms with Crippen LogP contribution in [0.25, 0.3) is 0 Å². The maximum absolute atomic E-state index is 8.94. The first-order valence-corrected chi connectivity index (χ1v) is 4.47. The predicted molar refractivity (Wildman–Crippen MR) is 49.5 cm³/mol. The number of rotatable bonds is 5. The Morgan fingerprint density at radius 1 is 1.27 bits per heavy atom. The molecule has 0 aromatic heterocycles. The number of unbranched alkanes of at least 4 members (excludes halogenated alkanes) is 1. The fourth-order valence-corrected chi connectivity index (χ4v) is 0.900. The zero-order chi connectivity index (χ0) is 8.69. The molecule has 1 heteroatoms. The summed E-state index contributed by atoms with van der Waals surface area (Å²) in [5.74, 6) is 0.654. The monoisotopic (exact) mass is 156 g/mol. The molecule has 0 heterocycles. The van der Waals surface area contributed by atoms with E-state index in [4.69, 9.17) is 5.11 Å². The number of hydrogen-bond acceptors (Lipinski definition) is 1. The van der Waals surface area contributed by atoms with Gasteiger partial charge >= 0.3 is 0 Å². The molecule has 0 radical (unpaired) electrons. The zero-order valence-electron chi connectivity index (χ0n) is 7.88. The molecular weight excluding hydrogens is 136 g/mol. The van der Waals surface area contributed by atoms with Crippen LogP contribution in [0.3, 0.4) is 0 Å². The Morgan fingerprint density at radius 2 is 1.91 bits per heavy atom. The van der Waals surface area contributed by atoms with E-state index in [1.807, 2.05) is 6.92 Å². The maximum Gasteiger partial charge on any atom is 0.0512 e. The minimum atomic E-state index is -0.137. The van der Waals surface area contributed by atoms with E-state index in [1.54, 1.807) is 0 Å². The summed E-state index contributed by atoms with van der Waals surface area (Å²) < 4.78 is 0. The molecule has 0 aliphatic rings. The standard InChI is InChI=1S/C10H20O/c1-9(2)7-5-4-6-8-10(3)11/h5,7,9-11H,4,6,8H2,1-3H3/b7-5+/t10-/m1/s1. The third-order valence-corrected chi connectivity index (χ3v) is 1.51. The highest BCUT2D eigenvalue weighted by Gasteiger charge is 1.92. The van der Waals surface area contributed by atoms with E-state index >= 15 is 0 Å². The third-order valence-electron chi connectivity index (χ3n) is 1.51. The summed E-state index contributed by atoms with van der Waals surface area (Å²) in [6, 6.07) is 0. The van der Waals surface area contributed by atoms with Crippen LogP contribution in [0.2, 0.25) is 0 Å². The lowest BCUT2D eigenvalue weighted by Gasteiger charge is -2.00. The van der Waals surface area contributed by atoms with Gasteiger partial charge in [-0.1, -0.05) is 26.0 Å². The molecule has 0 aliphatic carbocycles. The van der Waals surface area contributed by atoms with Crippen molar-refractivity contribution < 1.29 is 5.11 Å². The first-order valence-electron chi connectivity index (χ1n) is 4.47. The van der Waals surface area contributed by atoms with Crippen molar-refractivity contribution in [3.8, 4) is 0 Å². The second-order valence-electron chi connectivity index (χ2n) is 3.45. The van der Waals surface area contributed by atoms with Crippen molar-refractivity contribution in [1.82, 2.24) is 0 Å². The van der Waals surface area contributed by atoms with Crippen molar-refractivity contribution in [2.45, 2.75) is 46.1 Å². The molecule has 11 heavy (non-hydrogen) atoms. The van der Waals surface area contributed by atoms with Crippen LogP contribution in [-0.4, -0.2) is 11.2 Å². The minimum Gasteiger partial charge on any atom is -0.393 e. The van der Waals surface area contributed by atoms with Crippen molar-refractivity contribution in [2.24, 2.45) is 5.92 Å². The Bertz CT molecular complexity index is 103. The molecule has 0 aliphatic heterocycles. The molecule has 0 bridgehead atoms. The summed E-state index contributed by atoms with van der Waals surface area (Å²) in [5.41, 5.74) is 0. The van der Waals surface area contributed by atoms with Crippen LogP contribution >= 0.6 is 0 Å². The fourth-order valence-electron chi connectivity index (χ4n) is 0.900. The van der Waals surface area contributed by atoms with Crippen LogP contribution in [0.1, 0.15) is 40.0 Å². The molecule has 0 aromatic rings. The Kier molecular flexibility index (Phi) is 6.24. The molecule has 0 unspecified atom stereocenters. The van der Waals surface area contributed by atoms with Gasteiger partial charge in [0, 0.05) is 0 Å². The lowest BCUT2D eigenvalue weighted by Crippen LogP contribution is -1.97. The molecule has 0 spiro atoms. The van der Waals surface area contributed by atoms with Crippen molar-refractivity contribution >= 4 is 0 Å². The summed E-state index contributed by atoms with van der Waals surface area (Å²) >= 11 is 0. The first kappa shape index (κ1) is 10.7. The molecule has 1 atom stereocenters. The fraction of sp³-hybridized carbons (Fsp3) is 0.800. The highest BCUT2D eigenvalue weighted by atomic mass is 16.3. The van der Waals surface area contributed by atoms with Crippen LogP contribution in [0.5, 0.6) is 0 Å². The van der Waals surface area contributed by atoms with Crippen LogP contribution in [0.4, 0.5) is 0 Å². The number of hydrogen-bond donors (Lipinski definition) is 1. The van der Waals surface area contributed by atoms with Gasteiger partial charge in [0.15, 0.2) is 0 Å². The Balaban J connectivity index is 3.14. The van der Waals surface area contributed by atoms with Crippen LogP contribution < -0.4 is 0 Å². The average molecular weight is 156 g/mol. The molecule has 1 N–H and O–H groups in total. The van der Waals surface area contributed by atoms with Gasteiger partial charge in [-0.3, -0.25) is 0 Å². The normalized spacial score (nSPS) is 14.6. The van der Waals surface area contributed by atoms with Gasteiger partial charge in [-0.25, -0.2) is 0 Å². The van der Waals surface area contributed by atoms with Gasteiger partial charge in [-0.15, -0.1) is 0 Å².